The van der Waals surface area contributed by atoms with Gasteiger partial charge in [0.25, 0.3) is 0 Å². The van der Waals surface area contributed by atoms with Crippen molar-refractivity contribution in [3.63, 3.8) is 0 Å². The summed E-state index contributed by atoms with van der Waals surface area (Å²) in [6.45, 7) is 10.3. The highest BCUT2D eigenvalue weighted by molar-refractivity contribution is 6.00. The Labute approximate surface area is 271 Å². The number of rotatable bonds is 7. The summed E-state index contributed by atoms with van der Waals surface area (Å²) in [6.07, 6.45) is 7.18. The molecule has 4 aliphatic heterocycles. The summed E-state index contributed by atoms with van der Waals surface area (Å²) in [6, 6.07) is 17.8. The van der Waals surface area contributed by atoms with Crippen LogP contribution in [0.25, 0.3) is 11.4 Å². The molecular formula is C35H45N9O2. The predicted molar refractivity (Wildman–Crippen MR) is 182 cm³/mol. The summed E-state index contributed by atoms with van der Waals surface area (Å²) in [4.78, 5) is 37.7. The van der Waals surface area contributed by atoms with Gasteiger partial charge in [-0.05, 0) is 101 Å². The fourth-order valence-corrected chi connectivity index (χ4v) is 7.79. The maximum absolute atomic E-state index is 12.9. The molecule has 4 atom stereocenters. The Bertz CT molecular complexity index is 1510. The minimum Gasteiger partial charge on any atom is -0.377 e. The first-order chi connectivity index (χ1) is 22.5. The molecule has 0 spiro atoms. The zero-order chi connectivity index (χ0) is 31.2. The number of nitrogens with zero attached hydrogens (tertiary/aromatic N) is 7. The van der Waals surface area contributed by atoms with Gasteiger partial charge < -0.3 is 30.1 Å². The van der Waals surface area contributed by atoms with Crippen LogP contribution in [0.5, 0.6) is 0 Å². The number of morpholine rings is 1. The molecule has 2 amide bonds. The molecular weight excluding hydrogens is 578 g/mol. The lowest BCUT2D eigenvalue weighted by Gasteiger charge is -2.36. The lowest BCUT2D eigenvalue weighted by Crippen LogP contribution is -2.47. The third kappa shape index (κ3) is 5.98. The van der Waals surface area contributed by atoms with E-state index >= 15 is 0 Å². The van der Waals surface area contributed by atoms with Crippen molar-refractivity contribution in [2.75, 3.05) is 64.7 Å². The second-order valence-corrected chi connectivity index (χ2v) is 13.7. The number of nitrogens with one attached hydrogen (secondary N) is 2. The normalized spacial score (nSPS) is 26.4. The number of aromatic nitrogens is 3. The van der Waals surface area contributed by atoms with Crippen molar-refractivity contribution < 1.29 is 9.53 Å². The smallest absolute Gasteiger partial charge is 0.323 e. The zero-order valence-electron chi connectivity index (χ0n) is 26.9. The Morgan fingerprint density at radius 3 is 1.80 bits per heavy atom. The number of carbonyl (C=O) groups is 1. The number of urea groups is 1. The van der Waals surface area contributed by atoms with Gasteiger partial charge in [-0.3, -0.25) is 4.90 Å². The number of fused-ring (bicyclic) bond motifs is 2. The first-order valence-corrected chi connectivity index (χ1v) is 17.2. The number of hydrogen-bond donors (Lipinski definition) is 2. The van der Waals surface area contributed by atoms with Crippen molar-refractivity contribution in [2.45, 2.75) is 82.6 Å². The molecule has 2 N–H and O–H groups in total. The van der Waals surface area contributed by atoms with Crippen molar-refractivity contribution in [1.29, 1.82) is 0 Å². The molecule has 5 aliphatic rings. The van der Waals surface area contributed by atoms with E-state index in [1.807, 2.05) is 36.4 Å². The molecule has 242 valence electrons. The van der Waals surface area contributed by atoms with Gasteiger partial charge in [-0.2, -0.15) is 15.0 Å². The Kier molecular flexibility index (Phi) is 7.89. The van der Waals surface area contributed by atoms with Crippen LogP contribution in [-0.2, 0) is 4.74 Å². The number of carbonyl (C=O) groups excluding carboxylic acids is 1. The molecule has 8 rings (SSSR count). The molecule has 3 aromatic rings. The Morgan fingerprint density at radius 2 is 1.22 bits per heavy atom. The molecule has 11 heteroatoms. The Hall–Kier alpha value is -3.96. The van der Waals surface area contributed by atoms with Crippen LogP contribution in [0.2, 0.25) is 0 Å². The average Bonchev–Trinajstić information content (AvgIpc) is 3.83. The molecule has 4 unspecified atom stereocenters. The number of anilines is 5. The Balaban J connectivity index is 0.943. The second kappa shape index (κ2) is 12.3. The van der Waals surface area contributed by atoms with Gasteiger partial charge in [-0.25, -0.2) is 4.79 Å². The maximum atomic E-state index is 12.9. The molecule has 4 saturated heterocycles. The molecule has 5 heterocycles. The van der Waals surface area contributed by atoms with Crippen LogP contribution in [-0.4, -0.2) is 95.5 Å². The van der Waals surface area contributed by atoms with Crippen LogP contribution in [0.3, 0.4) is 0 Å². The number of piperazine rings is 1. The van der Waals surface area contributed by atoms with Gasteiger partial charge in [0.15, 0.2) is 5.82 Å². The molecule has 46 heavy (non-hydrogen) atoms. The van der Waals surface area contributed by atoms with E-state index in [1.165, 1.54) is 18.5 Å². The first-order valence-electron chi connectivity index (χ1n) is 17.2. The molecule has 5 fully saturated rings. The van der Waals surface area contributed by atoms with E-state index < -0.39 is 0 Å². The lowest BCUT2D eigenvalue weighted by molar-refractivity contribution is 0.0897. The van der Waals surface area contributed by atoms with Crippen molar-refractivity contribution in [1.82, 2.24) is 19.9 Å². The summed E-state index contributed by atoms with van der Waals surface area (Å²) < 4.78 is 5.85. The summed E-state index contributed by atoms with van der Waals surface area (Å²) >= 11 is 0. The summed E-state index contributed by atoms with van der Waals surface area (Å²) in [5.74, 6) is 2.15. The first kappa shape index (κ1) is 29.4. The van der Waals surface area contributed by atoms with Crippen LogP contribution >= 0.6 is 0 Å². The van der Waals surface area contributed by atoms with Crippen LogP contribution in [0, 0.1) is 0 Å². The maximum Gasteiger partial charge on any atom is 0.323 e. The van der Waals surface area contributed by atoms with Crippen LogP contribution in [0.1, 0.15) is 52.4 Å². The molecule has 1 aliphatic carbocycles. The van der Waals surface area contributed by atoms with Gasteiger partial charge in [0.2, 0.25) is 11.9 Å². The van der Waals surface area contributed by atoms with Gasteiger partial charge in [0.1, 0.15) is 0 Å². The molecule has 2 aromatic carbocycles. The van der Waals surface area contributed by atoms with Crippen molar-refractivity contribution in [3.05, 3.63) is 48.5 Å². The number of benzene rings is 2. The van der Waals surface area contributed by atoms with E-state index in [2.05, 4.69) is 56.2 Å². The van der Waals surface area contributed by atoms with Gasteiger partial charge in [-0.1, -0.05) is 0 Å². The minimum atomic E-state index is -0.275. The van der Waals surface area contributed by atoms with E-state index in [-0.39, 0.29) is 6.03 Å². The van der Waals surface area contributed by atoms with E-state index in [9.17, 15) is 4.79 Å². The highest BCUT2D eigenvalue weighted by Gasteiger charge is 2.40. The van der Waals surface area contributed by atoms with Crippen molar-refractivity contribution in [2.24, 2.45) is 0 Å². The molecule has 1 aromatic heterocycles. The van der Waals surface area contributed by atoms with Gasteiger partial charge in [0, 0.05) is 66.9 Å². The fourth-order valence-electron chi connectivity index (χ4n) is 7.79. The number of hydrogen-bond acceptors (Lipinski definition) is 9. The third-order valence-corrected chi connectivity index (χ3v) is 10.5. The fraction of sp³-hybridized carbons (Fsp3) is 0.543. The Morgan fingerprint density at radius 1 is 0.674 bits per heavy atom. The topological polar surface area (TPSA) is 102 Å². The SMILES string of the molecule is CC1CCC(C)N1c1nc(-c2ccc(NC(=O)Nc3ccc(N4CCN(C5CC5)CC4)cc3)cc2)nc(N2C3CCC2COC3)n1. The molecule has 0 radical (unpaired) electrons. The second-order valence-electron chi connectivity index (χ2n) is 13.7. The van der Waals surface area contributed by atoms with Crippen molar-refractivity contribution >= 4 is 35.0 Å². The monoisotopic (exact) mass is 623 g/mol. The summed E-state index contributed by atoms with van der Waals surface area (Å²) in [7, 11) is 0. The molecule has 2 bridgehead atoms. The highest BCUT2D eigenvalue weighted by atomic mass is 16.5. The van der Waals surface area contributed by atoms with E-state index in [4.69, 9.17) is 19.7 Å². The third-order valence-electron chi connectivity index (χ3n) is 10.5. The molecule has 11 nitrogen and oxygen atoms in total. The van der Waals surface area contributed by atoms with E-state index in [0.717, 1.165) is 81.1 Å². The predicted octanol–water partition coefficient (Wildman–Crippen LogP) is 5.21. The highest BCUT2D eigenvalue weighted by Crippen LogP contribution is 2.36. The van der Waals surface area contributed by atoms with Gasteiger partial charge in [0.05, 0.1) is 25.3 Å². The van der Waals surface area contributed by atoms with Gasteiger partial charge >= 0.3 is 6.03 Å². The average molecular weight is 624 g/mol. The van der Waals surface area contributed by atoms with Crippen LogP contribution in [0.15, 0.2) is 48.5 Å². The van der Waals surface area contributed by atoms with Crippen LogP contribution < -0.4 is 25.3 Å². The number of amides is 2. The molecule has 1 saturated carbocycles. The summed E-state index contributed by atoms with van der Waals surface area (Å²) in [5.41, 5.74) is 3.57. The van der Waals surface area contributed by atoms with E-state index in [0.29, 0.717) is 48.9 Å². The van der Waals surface area contributed by atoms with Crippen molar-refractivity contribution in [3.8, 4) is 11.4 Å². The van der Waals surface area contributed by atoms with Gasteiger partial charge in [-0.15, -0.1) is 0 Å². The quantitative estimate of drug-likeness (QED) is 0.367. The zero-order valence-corrected chi connectivity index (χ0v) is 26.9. The largest absolute Gasteiger partial charge is 0.377 e. The number of ether oxygens (including phenoxy) is 1. The van der Waals surface area contributed by atoms with E-state index in [1.54, 1.807) is 0 Å². The standard InChI is InChI=1S/C35H45N9O2/c1-23-3-4-24(2)43(23)33-38-32(39-34(40-33)44-30-15-16-31(44)22-46-21-30)25-5-7-26(8-6-25)36-35(45)37-27-9-11-28(12-10-27)41-17-19-42(20-18-41)29-13-14-29/h5-12,23-24,29-31H,3-4,13-22H2,1-2H3,(H2,36,37,45). The summed E-state index contributed by atoms with van der Waals surface area (Å²) in [5, 5.41) is 5.94. The van der Waals surface area contributed by atoms with Crippen LogP contribution in [0.4, 0.5) is 33.8 Å². The lowest BCUT2D eigenvalue weighted by atomic mass is 10.2. The minimum absolute atomic E-state index is 0.275.